The fourth-order valence-electron chi connectivity index (χ4n) is 3.83. The molecule has 30 heavy (non-hydrogen) atoms. The zero-order valence-corrected chi connectivity index (χ0v) is 17.6. The minimum Gasteiger partial charge on any atom is -0.374 e. The molecule has 2 aromatic carbocycles. The number of carbonyl (C=O) groups excluding carboxylic acids is 1. The van der Waals surface area contributed by atoms with Crippen LogP contribution in [0.15, 0.2) is 73.3 Å². The summed E-state index contributed by atoms with van der Waals surface area (Å²) < 4.78 is 23.8. The summed E-state index contributed by atoms with van der Waals surface area (Å²) in [6, 6.07) is 19.8. The Balaban J connectivity index is 1.68. The molecule has 160 valence electrons. The van der Waals surface area contributed by atoms with E-state index in [2.05, 4.69) is 6.58 Å². The molecule has 1 aliphatic heterocycles. The van der Waals surface area contributed by atoms with E-state index in [1.165, 1.54) is 6.08 Å². The Morgan fingerprint density at radius 1 is 1.03 bits per heavy atom. The van der Waals surface area contributed by atoms with Gasteiger partial charge in [0.1, 0.15) is 6.10 Å². The number of rotatable bonds is 10. The van der Waals surface area contributed by atoms with E-state index in [-0.39, 0.29) is 17.8 Å². The molecule has 0 saturated carbocycles. The average molecular weight is 411 g/mol. The van der Waals surface area contributed by atoms with Crippen LogP contribution < -0.4 is 0 Å². The molecule has 2 unspecified atom stereocenters. The summed E-state index contributed by atoms with van der Waals surface area (Å²) in [6.07, 6.45) is -0.116. The van der Waals surface area contributed by atoms with Crippen LogP contribution in [0.2, 0.25) is 0 Å². The molecule has 0 amide bonds. The van der Waals surface area contributed by atoms with Crippen LogP contribution in [-0.4, -0.2) is 38.0 Å². The van der Waals surface area contributed by atoms with Gasteiger partial charge in [-0.2, -0.15) is 0 Å². The van der Waals surface area contributed by atoms with Crippen LogP contribution in [0.1, 0.15) is 18.1 Å². The minimum atomic E-state index is -0.663. The normalized spacial score (nSPS) is 26.3. The van der Waals surface area contributed by atoms with Gasteiger partial charge in [0.15, 0.2) is 12.1 Å². The van der Waals surface area contributed by atoms with Crippen molar-refractivity contribution < 1.29 is 23.7 Å². The Bertz CT molecular complexity index is 792. The zero-order chi connectivity index (χ0) is 21.3. The number of carbonyl (C=O) groups is 1. The van der Waals surface area contributed by atoms with Crippen LogP contribution in [-0.2, 0) is 37.0 Å². The van der Waals surface area contributed by atoms with Gasteiger partial charge >= 0.3 is 0 Å². The molecule has 5 nitrogen and oxygen atoms in total. The fraction of sp³-hybridized carbons (Fsp3) is 0.400. The summed E-state index contributed by atoms with van der Waals surface area (Å²) in [5.41, 5.74) is 2.12. The molecule has 2 aromatic rings. The van der Waals surface area contributed by atoms with Crippen molar-refractivity contribution >= 4 is 5.78 Å². The van der Waals surface area contributed by atoms with Crippen LogP contribution in [0.3, 0.4) is 0 Å². The quantitative estimate of drug-likeness (QED) is 0.551. The highest BCUT2D eigenvalue weighted by atomic mass is 16.7. The predicted octanol–water partition coefficient (Wildman–Crippen LogP) is 4.17. The number of hydrogen-bond acceptors (Lipinski definition) is 5. The standard InChI is InChI=1S/C25H30O5/c1-4-21(26)23-18(2)22(17-28-15-19-11-7-5-8-12-19)30-25(27-3)24(23)29-16-20-13-9-6-10-14-20/h4-14,18,22-25H,1,15-17H2,2-3H3/t18-,22?,23+,24?,25+/m0/s1. The second-order valence-corrected chi connectivity index (χ2v) is 7.53. The summed E-state index contributed by atoms with van der Waals surface area (Å²) in [4.78, 5) is 12.8. The zero-order valence-electron chi connectivity index (χ0n) is 17.6. The van der Waals surface area contributed by atoms with Crippen LogP contribution >= 0.6 is 0 Å². The second kappa shape index (κ2) is 11.2. The molecule has 1 heterocycles. The minimum absolute atomic E-state index is 0.0704. The molecule has 3 rings (SSSR count). The molecule has 1 fully saturated rings. The van der Waals surface area contributed by atoms with Gasteiger partial charge in [0, 0.05) is 7.11 Å². The van der Waals surface area contributed by atoms with Crippen molar-refractivity contribution in [1.29, 1.82) is 0 Å². The van der Waals surface area contributed by atoms with Gasteiger partial charge in [-0.05, 0) is 23.1 Å². The van der Waals surface area contributed by atoms with Crippen molar-refractivity contribution in [3.8, 4) is 0 Å². The number of hydrogen-bond donors (Lipinski definition) is 0. The monoisotopic (exact) mass is 410 g/mol. The van der Waals surface area contributed by atoms with Gasteiger partial charge in [0.25, 0.3) is 0 Å². The molecule has 1 saturated heterocycles. The molecule has 5 atom stereocenters. The van der Waals surface area contributed by atoms with Gasteiger partial charge in [-0.3, -0.25) is 4.79 Å². The number of allylic oxidation sites excluding steroid dienone is 1. The number of ether oxygens (including phenoxy) is 4. The lowest BCUT2D eigenvalue weighted by Crippen LogP contribution is -2.55. The van der Waals surface area contributed by atoms with E-state index in [1.807, 2.05) is 67.6 Å². The third-order valence-electron chi connectivity index (χ3n) is 5.52. The molecule has 0 spiro atoms. The molecule has 0 aliphatic carbocycles. The van der Waals surface area contributed by atoms with Crippen LogP contribution in [0, 0.1) is 11.8 Å². The first-order valence-electron chi connectivity index (χ1n) is 10.3. The van der Waals surface area contributed by atoms with Gasteiger partial charge in [0.2, 0.25) is 0 Å². The molecule has 1 aliphatic rings. The van der Waals surface area contributed by atoms with Crippen molar-refractivity contribution in [3.05, 3.63) is 84.4 Å². The predicted molar refractivity (Wildman–Crippen MR) is 115 cm³/mol. The van der Waals surface area contributed by atoms with Gasteiger partial charge in [0.05, 0.1) is 31.8 Å². The molecular weight excluding hydrogens is 380 g/mol. The molecule has 0 radical (unpaired) electrons. The van der Waals surface area contributed by atoms with Gasteiger partial charge in [-0.1, -0.05) is 74.2 Å². The van der Waals surface area contributed by atoms with Crippen molar-refractivity contribution in [2.24, 2.45) is 11.8 Å². The van der Waals surface area contributed by atoms with E-state index in [1.54, 1.807) is 7.11 Å². The SMILES string of the molecule is C=CC(=O)[C@@H]1C(OCc2ccccc2)[C@H](OC)OC(COCc2ccccc2)[C@@H]1C. The Morgan fingerprint density at radius 2 is 1.63 bits per heavy atom. The number of ketones is 1. The van der Waals surface area contributed by atoms with E-state index in [4.69, 9.17) is 18.9 Å². The van der Waals surface area contributed by atoms with E-state index in [0.717, 1.165) is 11.1 Å². The van der Waals surface area contributed by atoms with Crippen LogP contribution in [0.5, 0.6) is 0 Å². The van der Waals surface area contributed by atoms with Crippen molar-refractivity contribution in [1.82, 2.24) is 0 Å². The molecule has 0 N–H and O–H groups in total. The first kappa shape index (κ1) is 22.4. The lowest BCUT2D eigenvalue weighted by atomic mass is 9.79. The summed E-state index contributed by atoms with van der Waals surface area (Å²) in [6.45, 7) is 6.90. The van der Waals surface area contributed by atoms with E-state index in [9.17, 15) is 4.79 Å². The second-order valence-electron chi connectivity index (χ2n) is 7.53. The Morgan fingerprint density at radius 3 is 2.20 bits per heavy atom. The summed E-state index contributed by atoms with van der Waals surface area (Å²) >= 11 is 0. The smallest absolute Gasteiger partial charge is 0.184 e. The summed E-state index contributed by atoms with van der Waals surface area (Å²) in [7, 11) is 1.57. The molecular formula is C25H30O5. The Labute approximate surface area is 178 Å². The van der Waals surface area contributed by atoms with Crippen molar-refractivity contribution in [3.63, 3.8) is 0 Å². The van der Waals surface area contributed by atoms with Gasteiger partial charge in [-0.25, -0.2) is 0 Å². The van der Waals surface area contributed by atoms with E-state index >= 15 is 0 Å². The summed E-state index contributed by atoms with van der Waals surface area (Å²) in [5, 5.41) is 0. The molecule has 0 aromatic heterocycles. The maximum absolute atomic E-state index is 12.8. The number of benzene rings is 2. The Hall–Kier alpha value is -2.31. The average Bonchev–Trinajstić information content (AvgIpc) is 2.79. The highest BCUT2D eigenvalue weighted by Gasteiger charge is 2.47. The maximum atomic E-state index is 12.8. The molecule has 5 heteroatoms. The highest BCUT2D eigenvalue weighted by Crippen LogP contribution is 2.35. The van der Waals surface area contributed by atoms with E-state index < -0.39 is 18.3 Å². The highest BCUT2D eigenvalue weighted by molar-refractivity contribution is 5.92. The largest absolute Gasteiger partial charge is 0.374 e. The van der Waals surface area contributed by atoms with Crippen LogP contribution in [0.25, 0.3) is 0 Å². The summed E-state index contributed by atoms with van der Waals surface area (Å²) in [5.74, 6) is -0.604. The lowest BCUT2D eigenvalue weighted by Gasteiger charge is -2.44. The first-order valence-corrected chi connectivity index (χ1v) is 10.3. The third kappa shape index (κ3) is 5.64. The van der Waals surface area contributed by atoms with Crippen molar-refractivity contribution in [2.45, 2.75) is 38.6 Å². The fourth-order valence-corrected chi connectivity index (χ4v) is 3.83. The van der Waals surface area contributed by atoms with Crippen molar-refractivity contribution in [2.75, 3.05) is 13.7 Å². The number of methoxy groups -OCH3 is 1. The van der Waals surface area contributed by atoms with Gasteiger partial charge < -0.3 is 18.9 Å². The van der Waals surface area contributed by atoms with Crippen LogP contribution in [0.4, 0.5) is 0 Å². The van der Waals surface area contributed by atoms with E-state index in [0.29, 0.717) is 19.8 Å². The molecule has 0 bridgehead atoms. The maximum Gasteiger partial charge on any atom is 0.184 e. The van der Waals surface area contributed by atoms with Gasteiger partial charge in [-0.15, -0.1) is 0 Å². The third-order valence-corrected chi connectivity index (χ3v) is 5.52. The lowest BCUT2D eigenvalue weighted by molar-refractivity contribution is -0.279. The first-order chi connectivity index (χ1) is 14.6. The topological polar surface area (TPSA) is 54.0 Å². The Kier molecular flexibility index (Phi) is 8.34.